The number of hydrogen-bond acceptors (Lipinski definition) is 5. The van der Waals surface area contributed by atoms with Crippen molar-refractivity contribution in [3.05, 3.63) is 40.3 Å². The van der Waals surface area contributed by atoms with Crippen molar-refractivity contribution in [3.63, 3.8) is 0 Å². The second kappa shape index (κ2) is 4.46. The fourth-order valence-electron chi connectivity index (χ4n) is 1.46. The second-order valence-electron chi connectivity index (χ2n) is 3.69. The van der Waals surface area contributed by atoms with Crippen molar-refractivity contribution in [3.8, 4) is 0 Å². The molecule has 0 unspecified atom stereocenters. The first-order valence-corrected chi connectivity index (χ1v) is 7.50. The van der Waals surface area contributed by atoms with Gasteiger partial charge in [0.25, 0.3) is 0 Å². The van der Waals surface area contributed by atoms with Gasteiger partial charge in [0.05, 0.1) is 21.3 Å². The van der Waals surface area contributed by atoms with E-state index in [0.717, 1.165) is 5.01 Å². The summed E-state index contributed by atoms with van der Waals surface area (Å²) in [6.45, 7) is 1.85. The van der Waals surface area contributed by atoms with E-state index in [-0.39, 0.29) is 10.6 Å². The van der Waals surface area contributed by atoms with E-state index >= 15 is 0 Å². The van der Waals surface area contributed by atoms with Gasteiger partial charge >= 0.3 is 0 Å². The summed E-state index contributed by atoms with van der Waals surface area (Å²) in [5.41, 5.74) is 6.60. The Morgan fingerprint density at radius 1 is 1.41 bits per heavy atom. The molecule has 6 heteroatoms. The topological polar surface area (TPSA) is 73.0 Å². The summed E-state index contributed by atoms with van der Waals surface area (Å²) < 4.78 is 24.1. The van der Waals surface area contributed by atoms with Gasteiger partial charge in [-0.25, -0.2) is 13.4 Å². The van der Waals surface area contributed by atoms with Crippen LogP contribution in [0.5, 0.6) is 0 Å². The van der Waals surface area contributed by atoms with E-state index in [2.05, 4.69) is 4.98 Å². The maximum atomic E-state index is 12.1. The lowest BCUT2D eigenvalue weighted by atomic mass is 10.3. The molecule has 0 atom stereocenters. The highest BCUT2D eigenvalue weighted by molar-refractivity contribution is 7.90. The minimum absolute atomic E-state index is 0.0825. The predicted molar refractivity (Wildman–Crippen MR) is 68.6 cm³/mol. The molecule has 0 aliphatic carbocycles. The lowest BCUT2D eigenvalue weighted by Gasteiger charge is -2.03. The number of aryl methyl sites for hydroxylation is 1. The van der Waals surface area contributed by atoms with Crippen molar-refractivity contribution >= 4 is 26.9 Å². The van der Waals surface area contributed by atoms with Gasteiger partial charge in [-0.2, -0.15) is 0 Å². The van der Waals surface area contributed by atoms with E-state index in [1.54, 1.807) is 23.6 Å². The standard InChI is InChI=1S/C11H12N2O2S2/c1-8-13-10(6-16-8)7-17(14,15)11-4-2-3-9(12)5-11/h2-6H,7,12H2,1H3. The Labute approximate surface area is 104 Å². The summed E-state index contributed by atoms with van der Waals surface area (Å²) in [5.74, 6) is -0.0825. The maximum Gasteiger partial charge on any atom is 0.184 e. The van der Waals surface area contributed by atoms with E-state index in [1.807, 2.05) is 6.92 Å². The highest BCUT2D eigenvalue weighted by Gasteiger charge is 2.16. The van der Waals surface area contributed by atoms with Crippen molar-refractivity contribution in [1.82, 2.24) is 4.98 Å². The van der Waals surface area contributed by atoms with Crippen molar-refractivity contribution in [2.24, 2.45) is 0 Å². The van der Waals surface area contributed by atoms with Gasteiger partial charge in [-0.1, -0.05) is 6.07 Å². The molecule has 0 saturated carbocycles. The molecule has 2 aromatic rings. The van der Waals surface area contributed by atoms with E-state index in [9.17, 15) is 8.42 Å². The molecule has 0 radical (unpaired) electrons. The third kappa shape index (κ3) is 2.83. The van der Waals surface area contributed by atoms with Crippen LogP contribution in [0.3, 0.4) is 0 Å². The summed E-state index contributed by atoms with van der Waals surface area (Å²) in [4.78, 5) is 4.39. The number of aromatic nitrogens is 1. The number of nitrogens with two attached hydrogens (primary N) is 1. The molecule has 0 aliphatic heterocycles. The molecule has 1 aromatic heterocycles. The van der Waals surface area contributed by atoms with Gasteiger partial charge in [-0.15, -0.1) is 11.3 Å². The molecule has 0 spiro atoms. The number of hydrogen-bond donors (Lipinski definition) is 1. The predicted octanol–water partition coefficient (Wildman–Crippen LogP) is 2.01. The molecule has 17 heavy (non-hydrogen) atoms. The molecule has 4 nitrogen and oxygen atoms in total. The molecule has 90 valence electrons. The molecule has 0 amide bonds. The fraction of sp³-hybridized carbons (Fsp3) is 0.182. The molecule has 0 bridgehead atoms. The molecule has 0 aliphatic rings. The quantitative estimate of drug-likeness (QED) is 0.864. The average Bonchev–Trinajstić information content (AvgIpc) is 2.63. The average molecular weight is 268 g/mol. The van der Waals surface area contributed by atoms with Crippen LogP contribution in [0.1, 0.15) is 10.7 Å². The number of nitrogens with zero attached hydrogens (tertiary/aromatic N) is 1. The highest BCUT2D eigenvalue weighted by Crippen LogP contribution is 2.19. The first kappa shape index (κ1) is 12.1. The van der Waals surface area contributed by atoms with Crippen LogP contribution in [-0.2, 0) is 15.6 Å². The number of thiazole rings is 1. The Hall–Kier alpha value is -1.40. The Balaban J connectivity index is 2.31. The molecular weight excluding hydrogens is 256 g/mol. The van der Waals surface area contributed by atoms with Crippen LogP contribution in [0.15, 0.2) is 34.5 Å². The van der Waals surface area contributed by atoms with Crippen LogP contribution in [0, 0.1) is 6.92 Å². The summed E-state index contributed by atoms with van der Waals surface area (Å²) >= 11 is 1.44. The number of sulfone groups is 1. The molecule has 2 N–H and O–H groups in total. The summed E-state index contributed by atoms with van der Waals surface area (Å²) in [5, 5.41) is 2.63. The van der Waals surface area contributed by atoms with Crippen molar-refractivity contribution in [2.75, 3.05) is 5.73 Å². The molecule has 1 aromatic carbocycles. The number of anilines is 1. The Morgan fingerprint density at radius 2 is 2.18 bits per heavy atom. The summed E-state index contributed by atoms with van der Waals surface area (Å²) in [6.07, 6.45) is 0. The first-order chi connectivity index (χ1) is 7.97. The minimum Gasteiger partial charge on any atom is -0.399 e. The number of nitrogen functional groups attached to an aromatic ring is 1. The van der Waals surface area contributed by atoms with Gasteiger partial charge in [-0.05, 0) is 25.1 Å². The van der Waals surface area contributed by atoms with Crippen molar-refractivity contribution in [2.45, 2.75) is 17.6 Å². The third-order valence-corrected chi connectivity index (χ3v) is 4.69. The van der Waals surface area contributed by atoms with Gasteiger partial charge in [0.1, 0.15) is 0 Å². The van der Waals surface area contributed by atoms with Gasteiger partial charge in [0.15, 0.2) is 9.84 Å². The largest absolute Gasteiger partial charge is 0.399 e. The molecule has 1 heterocycles. The minimum atomic E-state index is -3.36. The summed E-state index contributed by atoms with van der Waals surface area (Å²) in [7, 11) is -3.36. The second-order valence-corrected chi connectivity index (χ2v) is 6.74. The zero-order chi connectivity index (χ0) is 12.5. The monoisotopic (exact) mass is 268 g/mol. The smallest absolute Gasteiger partial charge is 0.184 e. The molecule has 0 fully saturated rings. The Kier molecular flexibility index (Phi) is 3.17. The van der Waals surface area contributed by atoms with Gasteiger partial charge in [0.2, 0.25) is 0 Å². The van der Waals surface area contributed by atoms with Crippen molar-refractivity contribution in [1.29, 1.82) is 0 Å². The molecule has 0 saturated heterocycles. The highest BCUT2D eigenvalue weighted by atomic mass is 32.2. The van der Waals surface area contributed by atoms with E-state index in [0.29, 0.717) is 11.4 Å². The molecular formula is C11H12N2O2S2. The van der Waals surface area contributed by atoms with Crippen molar-refractivity contribution < 1.29 is 8.42 Å². The van der Waals surface area contributed by atoms with Crippen LogP contribution in [0.2, 0.25) is 0 Å². The van der Waals surface area contributed by atoms with E-state index < -0.39 is 9.84 Å². The first-order valence-electron chi connectivity index (χ1n) is 4.97. The van der Waals surface area contributed by atoms with Crippen LogP contribution < -0.4 is 5.73 Å². The number of benzene rings is 1. The fourth-order valence-corrected chi connectivity index (χ4v) is 3.48. The SMILES string of the molecule is Cc1nc(CS(=O)(=O)c2cccc(N)c2)cs1. The third-order valence-electron chi connectivity index (χ3n) is 2.22. The number of rotatable bonds is 3. The van der Waals surface area contributed by atoms with Gasteiger partial charge in [0, 0.05) is 11.1 Å². The Morgan fingerprint density at radius 3 is 2.76 bits per heavy atom. The lowest BCUT2D eigenvalue weighted by Crippen LogP contribution is -2.05. The Bertz CT molecular complexity index is 632. The van der Waals surface area contributed by atoms with E-state index in [4.69, 9.17) is 5.73 Å². The van der Waals surface area contributed by atoms with Crippen LogP contribution in [0.25, 0.3) is 0 Å². The van der Waals surface area contributed by atoms with Crippen LogP contribution in [-0.4, -0.2) is 13.4 Å². The zero-order valence-corrected chi connectivity index (χ0v) is 10.9. The van der Waals surface area contributed by atoms with Gasteiger partial charge in [-0.3, -0.25) is 0 Å². The summed E-state index contributed by atoms with van der Waals surface area (Å²) in [6, 6.07) is 6.31. The van der Waals surface area contributed by atoms with Crippen LogP contribution in [0.4, 0.5) is 5.69 Å². The zero-order valence-electron chi connectivity index (χ0n) is 9.25. The maximum absolute atomic E-state index is 12.1. The van der Waals surface area contributed by atoms with Gasteiger partial charge < -0.3 is 5.73 Å². The normalized spacial score (nSPS) is 11.6. The lowest BCUT2D eigenvalue weighted by molar-refractivity contribution is 0.595. The van der Waals surface area contributed by atoms with E-state index in [1.165, 1.54) is 17.4 Å². The molecule has 2 rings (SSSR count). The van der Waals surface area contributed by atoms with Crippen LogP contribution >= 0.6 is 11.3 Å².